The van der Waals surface area contributed by atoms with Gasteiger partial charge in [0.25, 0.3) is 0 Å². The Bertz CT molecular complexity index is 1020. The number of hydrogen-bond acceptors (Lipinski definition) is 5. The fourth-order valence-corrected chi connectivity index (χ4v) is 4.70. The maximum Gasteiger partial charge on any atom is 0.190 e. The van der Waals surface area contributed by atoms with Crippen LogP contribution in [0.25, 0.3) is 11.3 Å². The van der Waals surface area contributed by atoms with Crippen molar-refractivity contribution in [3.63, 3.8) is 0 Å². The molecule has 31 heavy (non-hydrogen) atoms. The summed E-state index contributed by atoms with van der Waals surface area (Å²) in [5, 5.41) is 2.16. The number of halogens is 1. The van der Waals surface area contributed by atoms with Crippen LogP contribution in [0.2, 0.25) is 0 Å². The molecule has 1 aromatic heterocycles. The van der Waals surface area contributed by atoms with Crippen molar-refractivity contribution in [1.29, 1.82) is 0 Å². The van der Waals surface area contributed by atoms with E-state index in [1.165, 1.54) is 23.4 Å². The van der Waals surface area contributed by atoms with E-state index in [-0.39, 0.29) is 5.82 Å². The fraction of sp³-hybridized carbons (Fsp3) is 0.375. The largest absolute Gasteiger partial charge is 0.378 e. The highest BCUT2D eigenvalue weighted by Gasteiger charge is 2.13. The molecule has 0 atom stereocenters. The van der Waals surface area contributed by atoms with Gasteiger partial charge in [-0.15, -0.1) is 11.3 Å². The van der Waals surface area contributed by atoms with Crippen LogP contribution in [0.1, 0.15) is 19.3 Å². The molecule has 0 saturated carbocycles. The van der Waals surface area contributed by atoms with E-state index in [1.807, 2.05) is 0 Å². The Kier molecular flexibility index (Phi) is 7.51. The highest BCUT2D eigenvalue weighted by Crippen LogP contribution is 2.25. The van der Waals surface area contributed by atoms with E-state index >= 15 is 0 Å². The zero-order valence-electron chi connectivity index (χ0n) is 17.7. The van der Waals surface area contributed by atoms with Crippen LogP contribution in [-0.4, -0.2) is 37.4 Å². The zero-order chi connectivity index (χ0) is 21.5. The van der Waals surface area contributed by atoms with Gasteiger partial charge in [-0.3, -0.25) is 0 Å². The van der Waals surface area contributed by atoms with E-state index in [9.17, 15) is 4.39 Å². The number of rotatable bonds is 8. The van der Waals surface area contributed by atoms with Crippen LogP contribution >= 0.6 is 11.3 Å². The zero-order valence-corrected chi connectivity index (χ0v) is 18.5. The number of nitrogens with zero attached hydrogens (tertiary/aromatic N) is 3. The maximum atomic E-state index is 13.3. The third-order valence-corrected chi connectivity index (χ3v) is 6.34. The molecule has 2 heterocycles. The third kappa shape index (κ3) is 5.61. The van der Waals surface area contributed by atoms with Gasteiger partial charge in [-0.2, -0.15) is 0 Å². The molecule has 0 bridgehead atoms. The van der Waals surface area contributed by atoms with Crippen LogP contribution in [0, 0.1) is 5.82 Å². The molecule has 0 amide bonds. The lowest BCUT2D eigenvalue weighted by atomic mass is 10.1. The van der Waals surface area contributed by atoms with Gasteiger partial charge in [0.2, 0.25) is 0 Å². The molecule has 0 spiro atoms. The molecule has 5 nitrogen and oxygen atoms in total. The number of thiazole rings is 1. The highest BCUT2D eigenvalue weighted by atomic mass is 32.1. The van der Waals surface area contributed by atoms with E-state index < -0.39 is 0 Å². The monoisotopic (exact) mass is 440 g/mol. The SMILES string of the molecule is NCCCCCn1c(-c2ccc(N3CCOCC3)cc2)csc1=Nc1ccc(F)cc1. The molecule has 164 valence electrons. The maximum absolute atomic E-state index is 13.3. The van der Waals surface area contributed by atoms with Gasteiger partial charge in [-0.05, 0) is 61.3 Å². The Balaban J connectivity index is 1.62. The van der Waals surface area contributed by atoms with Crippen molar-refractivity contribution in [2.24, 2.45) is 10.7 Å². The minimum atomic E-state index is -0.249. The van der Waals surface area contributed by atoms with Gasteiger partial charge in [-0.25, -0.2) is 9.38 Å². The quantitative estimate of drug-likeness (QED) is 0.523. The van der Waals surface area contributed by atoms with Gasteiger partial charge in [0.1, 0.15) is 5.82 Å². The Hall–Kier alpha value is -2.48. The predicted octanol–water partition coefficient (Wildman–Crippen LogP) is 4.55. The Morgan fingerprint density at radius 3 is 2.42 bits per heavy atom. The Labute approximate surface area is 186 Å². The summed E-state index contributed by atoms with van der Waals surface area (Å²) in [5.74, 6) is -0.249. The van der Waals surface area contributed by atoms with Crippen LogP contribution in [0.3, 0.4) is 0 Å². The lowest BCUT2D eigenvalue weighted by Crippen LogP contribution is -2.36. The number of aromatic nitrogens is 1. The first-order valence-corrected chi connectivity index (χ1v) is 11.7. The average molecular weight is 441 g/mol. The van der Waals surface area contributed by atoms with Crippen molar-refractivity contribution in [2.75, 3.05) is 37.7 Å². The summed E-state index contributed by atoms with van der Waals surface area (Å²) in [4.78, 5) is 8.07. The van der Waals surface area contributed by atoms with Gasteiger partial charge in [0.15, 0.2) is 4.80 Å². The fourth-order valence-electron chi connectivity index (χ4n) is 3.75. The summed E-state index contributed by atoms with van der Waals surface area (Å²) < 4.78 is 21.0. The first-order chi connectivity index (χ1) is 15.2. The molecule has 4 rings (SSSR count). The van der Waals surface area contributed by atoms with Crippen molar-refractivity contribution >= 4 is 22.7 Å². The van der Waals surface area contributed by atoms with Gasteiger partial charge in [0, 0.05) is 30.7 Å². The number of nitrogens with two attached hydrogens (primary N) is 1. The number of ether oxygens (including phenoxy) is 1. The van der Waals surface area contributed by atoms with Crippen molar-refractivity contribution < 1.29 is 9.13 Å². The normalized spacial score (nSPS) is 14.9. The summed E-state index contributed by atoms with van der Waals surface area (Å²) in [6.07, 6.45) is 3.16. The predicted molar refractivity (Wildman–Crippen MR) is 125 cm³/mol. The molecule has 0 unspecified atom stereocenters. The van der Waals surface area contributed by atoms with Gasteiger partial charge in [-0.1, -0.05) is 18.6 Å². The molecule has 1 aliphatic rings. The number of hydrogen-bond donors (Lipinski definition) is 1. The second kappa shape index (κ2) is 10.7. The second-order valence-electron chi connectivity index (χ2n) is 7.64. The van der Waals surface area contributed by atoms with E-state index in [0.717, 1.165) is 74.8 Å². The molecule has 0 radical (unpaired) electrons. The van der Waals surface area contributed by atoms with Gasteiger partial charge in [0.05, 0.1) is 24.6 Å². The minimum absolute atomic E-state index is 0.249. The molecule has 0 aliphatic carbocycles. The second-order valence-corrected chi connectivity index (χ2v) is 8.48. The van der Waals surface area contributed by atoms with E-state index in [1.54, 1.807) is 23.5 Å². The Morgan fingerprint density at radius 2 is 1.71 bits per heavy atom. The van der Waals surface area contributed by atoms with Crippen molar-refractivity contribution in [2.45, 2.75) is 25.8 Å². The lowest BCUT2D eigenvalue weighted by molar-refractivity contribution is 0.122. The number of benzene rings is 2. The third-order valence-electron chi connectivity index (χ3n) is 5.47. The molecule has 2 N–H and O–H groups in total. The highest BCUT2D eigenvalue weighted by molar-refractivity contribution is 7.07. The molecule has 1 fully saturated rings. The van der Waals surface area contributed by atoms with Crippen molar-refractivity contribution in [3.05, 3.63) is 64.5 Å². The molecule has 1 saturated heterocycles. The van der Waals surface area contributed by atoms with Crippen molar-refractivity contribution in [1.82, 2.24) is 4.57 Å². The van der Waals surface area contributed by atoms with Crippen molar-refractivity contribution in [3.8, 4) is 11.3 Å². The van der Waals surface area contributed by atoms with E-state index in [0.29, 0.717) is 0 Å². The summed E-state index contributed by atoms with van der Waals surface area (Å²) >= 11 is 1.62. The summed E-state index contributed by atoms with van der Waals surface area (Å²) in [6.45, 7) is 5.02. The summed E-state index contributed by atoms with van der Waals surface area (Å²) in [6, 6.07) is 15.1. The first-order valence-electron chi connectivity index (χ1n) is 10.9. The molecular formula is C24H29FN4OS. The lowest BCUT2D eigenvalue weighted by Gasteiger charge is -2.28. The number of morpholine rings is 1. The van der Waals surface area contributed by atoms with Crippen LogP contribution in [0.5, 0.6) is 0 Å². The standard InChI is InChI=1S/C24H29FN4OS/c25-20-6-8-21(9-7-20)27-24-29(13-3-1-2-12-26)23(18-31-24)19-4-10-22(11-5-19)28-14-16-30-17-15-28/h4-11,18H,1-3,12-17,26H2. The molecule has 3 aromatic rings. The van der Waals surface area contributed by atoms with Crippen LogP contribution < -0.4 is 15.4 Å². The van der Waals surface area contributed by atoms with Gasteiger partial charge < -0.3 is 19.9 Å². The number of anilines is 1. The average Bonchev–Trinajstić information content (AvgIpc) is 3.21. The van der Waals surface area contributed by atoms with E-state index in [2.05, 4.69) is 39.1 Å². The van der Waals surface area contributed by atoms with Gasteiger partial charge >= 0.3 is 0 Å². The topological polar surface area (TPSA) is 55.8 Å². The van der Waals surface area contributed by atoms with Crippen LogP contribution in [0.15, 0.2) is 58.9 Å². The molecule has 1 aliphatic heterocycles. The summed E-state index contributed by atoms with van der Waals surface area (Å²) in [5.41, 5.74) is 9.98. The van der Waals surface area contributed by atoms with Crippen LogP contribution in [0.4, 0.5) is 15.8 Å². The summed E-state index contributed by atoms with van der Waals surface area (Å²) in [7, 11) is 0. The molecule has 2 aromatic carbocycles. The number of unbranched alkanes of at least 4 members (excludes halogenated alkanes) is 2. The first kappa shape index (κ1) is 21.7. The van der Waals surface area contributed by atoms with Crippen LogP contribution in [-0.2, 0) is 11.3 Å². The molecular weight excluding hydrogens is 411 g/mol. The van der Waals surface area contributed by atoms with E-state index in [4.69, 9.17) is 15.5 Å². The Morgan fingerprint density at radius 1 is 0.968 bits per heavy atom. The minimum Gasteiger partial charge on any atom is -0.378 e. The smallest absolute Gasteiger partial charge is 0.190 e. The molecule has 7 heteroatoms.